The van der Waals surface area contributed by atoms with Crippen LogP contribution in [-0.4, -0.2) is 66.8 Å². The molecule has 0 spiro atoms. The highest BCUT2D eigenvalue weighted by molar-refractivity contribution is 7.80. The number of carbonyl (C=O) groups excluding carboxylic acids is 1. The Morgan fingerprint density at radius 2 is 1.81 bits per heavy atom. The second-order valence-electron chi connectivity index (χ2n) is 12.7. The number of hydrogen-bond donors (Lipinski definition) is 1. The number of ether oxygens (including phenoxy) is 1. The zero-order chi connectivity index (χ0) is 33.6. The molecule has 12 heteroatoms. The summed E-state index contributed by atoms with van der Waals surface area (Å²) < 4.78 is 7.66. The molecular formula is C35H40N8O3S. The van der Waals surface area contributed by atoms with Crippen molar-refractivity contribution in [2.45, 2.75) is 78.8 Å². The third kappa shape index (κ3) is 5.52. The lowest BCUT2D eigenvalue weighted by Gasteiger charge is -2.42. The maximum Gasteiger partial charge on any atom is 0.277 e. The summed E-state index contributed by atoms with van der Waals surface area (Å²) in [7, 11) is 0. The summed E-state index contributed by atoms with van der Waals surface area (Å²) in [5, 5.41) is 5.35. The van der Waals surface area contributed by atoms with Gasteiger partial charge in [-0.1, -0.05) is 13.0 Å². The lowest BCUT2D eigenvalue weighted by molar-refractivity contribution is -0.124. The van der Waals surface area contributed by atoms with Crippen LogP contribution in [0.15, 0.2) is 41.2 Å². The Morgan fingerprint density at radius 1 is 1.09 bits per heavy atom. The van der Waals surface area contributed by atoms with E-state index in [1.165, 1.54) is 0 Å². The molecule has 2 aromatic carbocycles. The average molecular weight is 653 g/mol. The predicted molar refractivity (Wildman–Crippen MR) is 188 cm³/mol. The number of aryl methyl sites for hydroxylation is 3. The van der Waals surface area contributed by atoms with Gasteiger partial charge in [0.25, 0.3) is 11.5 Å². The van der Waals surface area contributed by atoms with Crippen LogP contribution < -0.4 is 20.1 Å². The van der Waals surface area contributed by atoms with Gasteiger partial charge in [-0.05, 0) is 102 Å². The summed E-state index contributed by atoms with van der Waals surface area (Å²) in [6.45, 7) is 20.9. The van der Waals surface area contributed by atoms with Crippen LogP contribution in [0.5, 0.6) is 5.75 Å². The Balaban J connectivity index is 1.26. The number of piperidine rings is 1. The van der Waals surface area contributed by atoms with Gasteiger partial charge in [0.1, 0.15) is 17.1 Å². The van der Waals surface area contributed by atoms with Crippen molar-refractivity contribution in [2.75, 3.05) is 29.5 Å². The molecule has 6 rings (SSSR count). The van der Waals surface area contributed by atoms with Crippen LogP contribution in [0.25, 0.3) is 21.7 Å². The zero-order valence-corrected chi connectivity index (χ0v) is 28.6. The molecule has 11 nitrogen and oxygen atoms in total. The van der Waals surface area contributed by atoms with Crippen LogP contribution in [-0.2, 0) is 11.2 Å². The highest BCUT2D eigenvalue weighted by atomic mass is 32.1. The number of aromatic nitrogens is 4. The SMILES string of the molecule is [C-]#[N+]c1ccc(N2C(=O)C(C)(C)N(C3CCN(c4ccc(OCC)c(-c5nn6c(CCC)nc(C)c6c(=O)[nH]5)c4)CC3)C2=S)cc1C. The quantitative estimate of drug-likeness (QED) is 0.183. The van der Waals surface area contributed by atoms with Crippen molar-refractivity contribution in [3.63, 3.8) is 0 Å². The van der Waals surface area contributed by atoms with Crippen LogP contribution in [0.1, 0.15) is 64.0 Å². The van der Waals surface area contributed by atoms with E-state index in [1.807, 2.05) is 58.9 Å². The molecule has 0 bridgehead atoms. The minimum Gasteiger partial charge on any atom is -0.493 e. The van der Waals surface area contributed by atoms with Crippen LogP contribution >= 0.6 is 12.2 Å². The maximum atomic E-state index is 13.7. The summed E-state index contributed by atoms with van der Waals surface area (Å²) in [6, 6.07) is 11.5. The monoisotopic (exact) mass is 652 g/mol. The van der Waals surface area contributed by atoms with E-state index in [1.54, 1.807) is 21.5 Å². The molecule has 2 aromatic heterocycles. The van der Waals surface area contributed by atoms with Crippen molar-refractivity contribution in [3.8, 4) is 17.1 Å². The Hall–Kier alpha value is -4.76. The first-order chi connectivity index (χ1) is 22.5. The molecule has 47 heavy (non-hydrogen) atoms. The van der Waals surface area contributed by atoms with Gasteiger partial charge in [-0.25, -0.2) is 14.3 Å². The minimum absolute atomic E-state index is 0.0651. The van der Waals surface area contributed by atoms with Crippen molar-refractivity contribution >= 4 is 45.8 Å². The molecular weight excluding hydrogens is 613 g/mol. The Labute approximate surface area is 280 Å². The third-order valence-corrected chi connectivity index (χ3v) is 9.59. The Kier molecular flexibility index (Phi) is 8.53. The van der Waals surface area contributed by atoms with Crippen LogP contribution in [0.4, 0.5) is 17.1 Å². The molecule has 1 N–H and O–H groups in total. The molecule has 0 aliphatic carbocycles. The number of rotatable bonds is 8. The van der Waals surface area contributed by atoms with Gasteiger partial charge in [0.05, 0.1) is 24.4 Å². The van der Waals surface area contributed by atoms with Gasteiger partial charge >= 0.3 is 0 Å². The molecule has 0 saturated carbocycles. The van der Waals surface area contributed by atoms with Crippen molar-refractivity contribution in [2.24, 2.45) is 0 Å². The van der Waals surface area contributed by atoms with Gasteiger partial charge in [0, 0.05) is 36.9 Å². The van der Waals surface area contributed by atoms with Gasteiger partial charge < -0.3 is 19.5 Å². The fraction of sp³-hybridized carbons (Fsp3) is 0.429. The standard InChI is InChI=1S/C35H40N8O3S/c1-8-10-29-37-22(4)30-32(44)38-31(39-43(29)30)26-20-24(12-14-28(26)46-9-2)40-17-15-23(16-18-40)42-34(47)41(33(45)35(42,5)6)25-11-13-27(36-7)21(3)19-25/h11-14,19-20,23H,8-10,15-18H2,1-6H3,(H,38,39,44). The summed E-state index contributed by atoms with van der Waals surface area (Å²) in [4.78, 5) is 44.2. The lowest BCUT2D eigenvalue weighted by Crippen LogP contribution is -2.53. The maximum absolute atomic E-state index is 13.7. The molecule has 4 heterocycles. The number of amides is 1. The Bertz CT molecular complexity index is 1980. The summed E-state index contributed by atoms with van der Waals surface area (Å²) in [5.41, 5.74) is 3.86. The average Bonchev–Trinajstić information content (AvgIpc) is 3.45. The molecule has 0 atom stereocenters. The molecule has 0 radical (unpaired) electrons. The number of imidazole rings is 1. The lowest BCUT2D eigenvalue weighted by atomic mass is 9.96. The Morgan fingerprint density at radius 3 is 2.47 bits per heavy atom. The molecule has 2 fully saturated rings. The van der Waals surface area contributed by atoms with E-state index in [0.29, 0.717) is 57.9 Å². The third-order valence-electron chi connectivity index (χ3n) is 9.21. The fourth-order valence-corrected chi connectivity index (χ4v) is 7.43. The fourth-order valence-electron chi connectivity index (χ4n) is 6.86. The molecule has 4 aromatic rings. The van der Waals surface area contributed by atoms with Gasteiger partial charge in [-0.2, -0.15) is 0 Å². The number of benzene rings is 2. The van der Waals surface area contributed by atoms with Gasteiger partial charge in [-0.3, -0.25) is 14.5 Å². The van der Waals surface area contributed by atoms with Gasteiger partial charge in [-0.15, -0.1) is 5.10 Å². The molecule has 2 aliphatic heterocycles. The highest BCUT2D eigenvalue weighted by Gasteiger charge is 2.52. The number of hydrogen-bond acceptors (Lipinski definition) is 7. The van der Waals surface area contributed by atoms with E-state index >= 15 is 0 Å². The second kappa shape index (κ2) is 12.4. The number of fused-ring (bicyclic) bond motifs is 1. The zero-order valence-electron chi connectivity index (χ0n) is 27.8. The van der Waals surface area contributed by atoms with Crippen molar-refractivity contribution in [3.05, 3.63) is 75.3 Å². The van der Waals surface area contributed by atoms with Crippen molar-refractivity contribution < 1.29 is 9.53 Å². The largest absolute Gasteiger partial charge is 0.493 e. The van der Waals surface area contributed by atoms with E-state index in [-0.39, 0.29) is 17.5 Å². The number of carbonyl (C=O) groups is 1. The van der Waals surface area contributed by atoms with E-state index in [0.717, 1.165) is 49.4 Å². The number of anilines is 2. The number of aromatic amines is 1. The highest BCUT2D eigenvalue weighted by Crippen LogP contribution is 2.39. The second-order valence-corrected chi connectivity index (χ2v) is 13.1. The summed E-state index contributed by atoms with van der Waals surface area (Å²) in [5.74, 6) is 1.77. The molecule has 0 unspecified atom stereocenters. The first-order valence-corrected chi connectivity index (χ1v) is 16.6. The topological polar surface area (TPSA) is 103 Å². The smallest absolute Gasteiger partial charge is 0.277 e. The van der Waals surface area contributed by atoms with Crippen molar-refractivity contribution in [1.29, 1.82) is 0 Å². The number of H-pyrrole nitrogens is 1. The van der Waals surface area contributed by atoms with Crippen molar-refractivity contribution in [1.82, 2.24) is 24.5 Å². The predicted octanol–water partition coefficient (Wildman–Crippen LogP) is 5.98. The van der Waals surface area contributed by atoms with E-state index in [2.05, 4.69) is 31.5 Å². The normalized spacial score (nSPS) is 16.7. The van der Waals surface area contributed by atoms with Gasteiger partial charge in [0.15, 0.2) is 22.1 Å². The molecule has 244 valence electrons. The first-order valence-electron chi connectivity index (χ1n) is 16.2. The summed E-state index contributed by atoms with van der Waals surface area (Å²) >= 11 is 5.96. The van der Waals surface area contributed by atoms with E-state index in [4.69, 9.17) is 28.6 Å². The van der Waals surface area contributed by atoms with Crippen LogP contribution in [0.2, 0.25) is 0 Å². The number of thiocarbonyl (C=S) groups is 1. The van der Waals surface area contributed by atoms with E-state index in [9.17, 15) is 9.59 Å². The molecule has 2 aliphatic rings. The molecule has 1 amide bonds. The number of nitrogens with zero attached hydrogens (tertiary/aromatic N) is 7. The molecule has 2 saturated heterocycles. The first kappa shape index (κ1) is 32.2. The van der Waals surface area contributed by atoms with Gasteiger partial charge in [0.2, 0.25) is 0 Å². The summed E-state index contributed by atoms with van der Waals surface area (Å²) in [6.07, 6.45) is 3.21. The van der Waals surface area contributed by atoms with E-state index < -0.39 is 5.54 Å². The minimum atomic E-state index is -0.804. The van der Waals surface area contributed by atoms with Crippen LogP contribution in [0, 0.1) is 20.4 Å². The number of nitrogens with one attached hydrogen (secondary N) is 1. The van der Waals surface area contributed by atoms with Crippen LogP contribution in [0.3, 0.4) is 0 Å².